The van der Waals surface area contributed by atoms with Crippen molar-refractivity contribution in [3.8, 4) is 5.88 Å². The van der Waals surface area contributed by atoms with Crippen molar-refractivity contribution in [2.24, 2.45) is 11.8 Å². The summed E-state index contributed by atoms with van der Waals surface area (Å²) in [4.78, 5) is 4.12. The van der Waals surface area contributed by atoms with Crippen molar-refractivity contribution in [2.45, 2.75) is 20.8 Å². The van der Waals surface area contributed by atoms with Crippen LogP contribution >= 0.6 is 0 Å². The van der Waals surface area contributed by atoms with Crippen LogP contribution < -0.4 is 10.1 Å². The lowest BCUT2D eigenvalue weighted by molar-refractivity contribution is 0.398. The fraction of sp³-hybridized carbons (Fsp3) is 0.538. The minimum Gasteiger partial charge on any atom is -0.481 e. The lowest BCUT2D eigenvalue weighted by Crippen LogP contribution is -2.23. The van der Waals surface area contributed by atoms with Gasteiger partial charge in [0, 0.05) is 24.2 Å². The molecule has 0 aromatic carbocycles. The molecular formula is C13H21N3O. The fourth-order valence-electron chi connectivity index (χ4n) is 1.56. The van der Waals surface area contributed by atoms with Crippen molar-refractivity contribution in [3.63, 3.8) is 0 Å². The van der Waals surface area contributed by atoms with E-state index in [-0.39, 0.29) is 5.92 Å². The Labute approximate surface area is 103 Å². The Kier molecular flexibility index (Phi) is 4.94. The molecule has 1 aromatic heterocycles. The van der Waals surface area contributed by atoms with Crippen molar-refractivity contribution >= 4 is 11.4 Å². The molecule has 1 rings (SSSR count). The van der Waals surface area contributed by atoms with Crippen LogP contribution in [0.2, 0.25) is 0 Å². The van der Waals surface area contributed by atoms with Gasteiger partial charge in [-0.1, -0.05) is 20.8 Å². The molecule has 4 nitrogen and oxygen atoms in total. The molecule has 0 amide bonds. The molecule has 0 spiro atoms. The Morgan fingerprint density at radius 3 is 2.59 bits per heavy atom. The number of nitrogens with one attached hydrogen (secondary N) is 2. The first-order valence-electron chi connectivity index (χ1n) is 5.86. The number of hydrogen-bond acceptors (Lipinski definition) is 4. The molecule has 0 aliphatic rings. The monoisotopic (exact) mass is 235 g/mol. The third-order valence-corrected chi connectivity index (χ3v) is 2.71. The summed E-state index contributed by atoms with van der Waals surface area (Å²) in [6, 6.07) is 3.75. The molecule has 1 unspecified atom stereocenters. The summed E-state index contributed by atoms with van der Waals surface area (Å²) in [5.74, 6) is 1.15. The predicted octanol–water partition coefficient (Wildman–Crippen LogP) is 2.81. The second-order valence-electron chi connectivity index (χ2n) is 4.48. The maximum Gasteiger partial charge on any atom is 0.213 e. The second kappa shape index (κ2) is 6.23. The summed E-state index contributed by atoms with van der Waals surface area (Å²) < 4.78 is 4.99. The highest BCUT2D eigenvalue weighted by atomic mass is 16.5. The first-order valence-corrected chi connectivity index (χ1v) is 5.86. The summed E-state index contributed by atoms with van der Waals surface area (Å²) in [6.07, 6.45) is 1.74. The molecule has 0 bridgehead atoms. The van der Waals surface area contributed by atoms with Gasteiger partial charge < -0.3 is 15.5 Å². The molecule has 0 fully saturated rings. The Hall–Kier alpha value is -1.58. The van der Waals surface area contributed by atoms with Crippen molar-refractivity contribution in [1.82, 2.24) is 4.98 Å². The molecule has 4 heteroatoms. The van der Waals surface area contributed by atoms with Gasteiger partial charge in [-0.05, 0) is 12.0 Å². The first kappa shape index (κ1) is 13.5. The molecule has 94 valence electrons. The number of hydrogen-bond donors (Lipinski definition) is 2. The number of ether oxygens (including phenoxy) is 1. The number of rotatable bonds is 6. The maximum atomic E-state index is 7.90. The molecule has 17 heavy (non-hydrogen) atoms. The van der Waals surface area contributed by atoms with Gasteiger partial charge in [0.1, 0.15) is 0 Å². The zero-order chi connectivity index (χ0) is 12.8. The highest BCUT2D eigenvalue weighted by molar-refractivity contribution is 5.85. The summed E-state index contributed by atoms with van der Waals surface area (Å²) in [6.45, 7) is 6.92. The van der Waals surface area contributed by atoms with E-state index < -0.39 is 0 Å². The van der Waals surface area contributed by atoms with Crippen LogP contribution in [0, 0.1) is 17.2 Å². The normalized spacial score (nSPS) is 12.3. The van der Waals surface area contributed by atoms with E-state index in [1.807, 2.05) is 26.0 Å². The maximum absolute atomic E-state index is 7.90. The highest BCUT2D eigenvalue weighted by Gasteiger charge is 2.11. The molecule has 2 N–H and O–H groups in total. The Bertz CT molecular complexity index is 359. The molecule has 1 atom stereocenters. The van der Waals surface area contributed by atoms with Gasteiger partial charge in [-0.3, -0.25) is 0 Å². The van der Waals surface area contributed by atoms with Crippen LogP contribution in [-0.4, -0.2) is 24.4 Å². The van der Waals surface area contributed by atoms with E-state index in [9.17, 15) is 0 Å². The third kappa shape index (κ3) is 4.06. The van der Waals surface area contributed by atoms with Crippen molar-refractivity contribution in [1.29, 1.82) is 5.41 Å². The number of methoxy groups -OCH3 is 1. The third-order valence-electron chi connectivity index (χ3n) is 2.71. The molecule has 0 saturated heterocycles. The van der Waals surface area contributed by atoms with E-state index in [1.165, 1.54) is 0 Å². The van der Waals surface area contributed by atoms with Gasteiger partial charge in [-0.2, -0.15) is 0 Å². The summed E-state index contributed by atoms with van der Waals surface area (Å²) in [5, 5.41) is 11.2. The van der Waals surface area contributed by atoms with E-state index in [0.29, 0.717) is 11.8 Å². The van der Waals surface area contributed by atoms with Gasteiger partial charge in [0.25, 0.3) is 0 Å². The Morgan fingerprint density at radius 1 is 1.41 bits per heavy atom. The molecule has 0 aliphatic carbocycles. The van der Waals surface area contributed by atoms with Gasteiger partial charge in [0.15, 0.2) is 0 Å². The average Bonchev–Trinajstić information content (AvgIpc) is 2.35. The predicted molar refractivity (Wildman–Crippen MR) is 71.0 cm³/mol. The van der Waals surface area contributed by atoms with Crippen LogP contribution in [-0.2, 0) is 0 Å². The van der Waals surface area contributed by atoms with Gasteiger partial charge in [-0.15, -0.1) is 0 Å². The number of nitrogens with zero attached hydrogens (tertiary/aromatic N) is 1. The average molecular weight is 235 g/mol. The zero-order valence-corrected chi connectivity index (χ0v) is 10.9. The van der Waals surface area contributed by atoms with Crippen LogP contribution in [0.4, 0.5) is 5.69 Å². The number of anilines is 1. The smallest absolute Gasteiger partial charge is 0.213 e. The lowest BCUT2D eigenvalue weighted by Gasteiger charge is -2.17. The summed E-state index contributed by atoms with van der Waals surface area (Å²) >= 11 is 0. The topological polar surface area (TPSA) is 58.0 Å². The van der Waals surface area contributed by atoms with Crippen LogP contribution in [0.1, 0.15) is 20.8 Å². The van der Waals surface area contributed by atoms with E-state index in [1.54, 1.807) is 13.3 Å². The first-order chi connectivity index (χ1) is 8.04. The van der Waals surface area contributed by atoms with Crippen LogP contribution in [0.25, 0.3) is 0 Å². The molecule has 0 radical (unpaired) electrons. The minimum atomic E-state index is 0.233. The van der Waals surface area contributed by atoms with Crippen LogP contribution in [0.5, 0.6) is 5.88 Å². The van der Waals surface area contributed by atoms with E-state index in [4.69, 9.17) is 10.1 Å². The van der Waals surface area contributed by atoms with Crippen LogP contribution in [0.3, 0.4) is 0 Å². The Morgan fingerprint density at radius 2 is 2.12 bits per heavy atom. The van der Waals surface area contributed by atoms with E-state index >= 15 is 0 Å². The fourth-order valence-corrected chi connectivity index (χ4v) is 1.56. The highest BCUT2D eigenvalue weighted by Crippen LogP contribution is 2.13. The van der Waals surface area contributed by atoms with Gasteiger partial charge in [0.05, 0.1) is 19.0 Å². The van der Waals surface area contributed by atoms with E-state index in [2.05, 4.69) is 17.2 Å². The number of aromatic nitrogens is 1. The lowest BCUT2D eigenvalue weighted by atomic mass is 9.96. The van der Waals surface area contributed by atoms with Crippen molar-refractivity contribution < 1.29 is 4.74 Å². The zero-order valence-electron chi connectivity index (χ0n) is 10.9. The Balaban J connectivity index is 2.47. The summed E-state index contributed by atoms with van der Waals surface area (Å²) in [7, 11) is 1.60. The van der Waals surface area contributed by atoms with Crippen molar-refractivity contribution in [3.05, 3.63) is 18.3 Å². The molecular weight excluding hydrogens is 214 g/mol. The van der Waals surface area contributed by atoms with Gasteiger partial charge >= 0.3 is 0 Å². The quantitative estimate of drug-likeness (QED) is 0.745. The largest absolute Gasteiger partial charge is 0.481 e. The van der Waals surface area contributed by atoms with Crippen molar-refractivity contribution in [2.75, 3.05) is 19.0 Å². The molecule has 0 aliphatic heterocycles. The summed E-state index contributed by atoms with van der Waals surface area (Å²) in [5.41, 5.74) is 1.73. The molecule has 1 aromatic rings. The minimum absolute atomic E-state index is 0.233. The second-order valence-corrected chi connectivity index (χ2v) is 4.48. The van der Waals surface area contributed by atoms with E-state index in [0.717, 1.165) is 17.9 Å². The van der Waals surface area contributed by atoms with Gasteiger partial charge in [-0.25, -0.2) is 4.98 Å². The standard InChI is InChI=1S/C13H21N3O/c1-9(2)13(14)10(3)7-15-11-5-6-12(17-4)16-8-11/h5-6,8-10,14-15H,7H2,1-4H3. The van der Waals surface area contributed by atoms with Crippen LogP contribution in [0.15, 0.2) is 18.3 Å². The molecule has 0 saturated carbocycles. The van der Waals surface area contributed by atoms with Gasteiger partial charge in [0.2, 0.25) is 5.88 Å². The number of pyridine rings is 1. The SMILES string of the molecule is COc1ccc(NCC(C)C(=N)C(C)C)cn1. The molecule has 1 heterocycles.